The van der Waals surface area contributed by atoms with Crippen LogP contribution >= 0.6 is 0 Å². The summed E-state index contributed by atoms with van der Waals surface area (Å²) < 4.78 is 10.0. The first-order chi connectivity index (χ1) is 14.3. The molecule has 1 aliphatic heterocycles. The zero-order valence-electron chi connectivity index (χ0n) is 17.1. The number of anilines is 1. The van der Waals surface area contributed by atoms with E-state index >= 15 is 0 Å². The first kappa shape index (κ1) is 21.2. The second-order valence-electron chi connectivity index (χ2n) is 7.25. The number of nitrogens with zero attached hydrogens (tertiary/aromatic N) is 1. The molecule has 1 amide bonds. The van der Waals surface area contributed by atoms with Crippen LogP contribution in [0.15, 0.2) is 48.5 Å². The van der Waals surface area contributed by atoms with Crippen LogP contribution in [0.5, 0.6) is 0 Å². The van der Waals surface area contributed by atoms with Gasteiger partial charge in [0.15, 0.2) is 6.10 Å². The van der Waals surface area contributed by atoms with Crippen LogP contribution in [0.3, 0.4) is 0 Å². The van der Waals surface area contributed by atoms with E-state index in [2.05, 4.69) is 4.74 Å². The van der Waals surface area contributed by atoms with Gasteiger partial charge >= 0.3 is 11.9 Å². The zero-order valence-corrected chi connectivity index (χ0v) is 17.1. The highest BCUT2D eigenvalue weighted by atomic mass is 16.5. The average molecular weight is 409 g/mol. The van der Waals surface area contributed by atoms with E-state index in [-0.39, 0.29) is 24.7 Å². The Bertz CT molecular complexity index is 964. The van der Waals surface area contributed by atoms with E-state index in [9.17, 15) is 19.2 Å². The number of ether oxygens (including phenoxy) is 2. The summed E-state index contributed by atoms with van der Waals surface area (Å²) in [6.07, 6.45) is -0.938. The number of Topliss-reactive ketones (excluding diaryl/α,β-unsaturated/α-hetero) is 1. The fraction of sp³-hybridized carbons (Fsp3) is 0.304. The normalized spacial score (nSPS) is 16.8. The van der Waals surface area contributed by atoms with Gasteiger partial charge in [-0.15, -0.1) is 0 Å². The summed E-state index contributed by atoms with van der Waals surface area (Å²) in [5.74, 6) is -2.22. The Morgan fingerprint density at radius 3 is 2.20 bits per heavy atom. The smallest absolute Gasteiger partial charge is 0.337 e. The number of ketones is 1. The summed E-state index contributed by atoms with van der Waals surface area (Å²) in [6, 6.07) is 13.4. The molecule has 0 spiro atoms. The average Bonchev–Trinajstić information content (AvgIpc) is 3.15. The van der Waals surface area contributed by atoms with Crippen molar-refractivity contribution in [2.24, 2.45) is 5.92 Å². The van der Waals surface area contributed by atoms with Gasteiger partial charge in [0.1, 0.15) is 0 Å². The van der Waals surface area contributed by atoms with Crippen molar-refractivity contribution in [3.8, 4) is 0 Å². The van der Waals surface area contributed by atoms with E-state index in [1.54, 1.807) is 36.4 Å². The van der Waals surface area contributed by atoms with E-state index in [1.807, 2.05) is 19.1 Å². The number of methoxy groups -OCH3 is 1. The van der Waals surface area contributed by atoms with Crippen LogP contribution < -0.4 is 4.90 Å². The van der Waals surface area contributed by atoms with Crippen LogP contribution in [0.1, 0.15) is 39.6 Å². The molecule has 0 radical (unpaired) electrons. The number of esters is 2. The number of carbonyl (C=O) groups is 4. The van der Waals surface area contributed by atoms with Gasteiger partial charge in [0.2, 0.25) is 11.7 Å². The van der Waals surface area contributed by atoms with Crippen molar-refractivity contribution in [1.82, 2.24) is 0 Å². The lowest BCUT2D eigenvalue weighted by molar-refractivity contribution is -0.151. The van der Waals surface area contributed by atoms with E-state index < -0.39 is 24.0 Å². The molecule has 7 heteroatoms. The molecule has 0 saturated carbocycles. The molecule has 30 heavy (non-hydrogen) atoms. The summed E-state index contributed by atoms with van der Waals surface area (Å²) >= 11 is 0. The molecule has 1 heterocycles. The molecule has 7 nitrogen and oxygen atoms in total. The van der Waals surface area contributed by atoms with Crippen molar-refractivity contribution < 1.29 is 28.7 Å². The Hall–Kier alpha value is -3.48. The van der Waals surface area contributed by atoms with E-state index in [1.165, 1.54) is 18.9 Å². The maximum atomic E-state index is 12.5. The minimum atomic E-state index is -0.941. The third-order valence-corrected chi connectivity index (χ3v) is 5.06. The lowest BCUT2D eigenvalue weighted by Crippen LogP contribution is -2.30. The number of aryl methyl sites for hydroxylation is 1. The Balaban J connectivity index is 1.62. The van der Waals surface area contributed by atoms with Gasteiger partial charge in [0, 0.05) is 24.2 Å². The van der Waals surface area contributed by atoms with Crippen LogP contribution in [0.2, 0.25) is 0 Å². The maximum absolute atomic E-state index is 12.5. The quantitative estimate of drug-likeness (QED) is 0.538. The first-order valence-electron chi connectivity index (χ1n) is 9.60. The van der Waals surface area contributed by atoms with Gasteiger partial charge in [-0.25, -0.2) is 4.79 Å². The molecule has 1 saturated heterocycles. The third kappa shape index (κ3) is 4.56. The number of rotatable bonds is 6. The first-order valence-corrected chi connectivity index (χ1v) is 9.60. The van der Waals surface area contributed by atoms with Crippen molar-refractivity contribution in [2.75, 3.05) is 18.6 Å². The molecule has 0 aromatic heterocycles. The molecule has 3 rings (SSSR count). The Kier molecular flexibility index (Phi) is 6.30. The third-order valence-electron chi connectivity index (χ3n) is 5.06. The predicted molar refractivity (Wildman–Crippen MR) is 109 cm³/mol. The van der Waals surface area contributed by atoms with Gasteiger partial charge in [-0.2, -0.15) is 0 Å². The summed E-state index contributed by atoms with van der Waals surface area (Å²) in [6.45, 7) is 3.60. The molecule has 2 aromatic rings. The zero-order chi connectivity index (χ0) is 21.8. The maximum Gasteiger partial charge on any atom is 0.337 e. The Morgan fingerprint density at radius 1 is 1.00 bits per heavy atom. The highest BCUT2D eigenvalue weighted by Gasteiger charge is 2.37. The lowest BCUT2D eigenvalue weighted by atomic mass is 10.1. The van der Waals surface area contributed by atoms with Gasteiger partial charge < -0.3 is 14.4 Å². The van der Waals surface area contributed by atoms with Gasteiger partial charge in [-0.05, 0) is 38.1 Å². The molecular formula is C23H23NO6. The number of hydrogen-bond donors (Lipinski definition) is 0. The van der Waals surface area contributed by atoms with Crippen LogP contribution in [-0.4, -0.2) is 43.4 Å². The summed E-state index contributed by atoms with van der Waals surface area (Å²) in [4.78, 5) is 50.4. The Labute approximate surface area is 174 Å². The fourth-order valence-corrected chi connectivity index (χ4v) is 3.29. The molecule has 156 valence electrons. The van der Waals surface area contributed by atoms with Crippen LogP contribution in [0.4, 0.5) is 5.69 Å². The molecule has 0 bridgehead atoms. The number of carbonyl (C=O) groups excluding carboxylic acids is 4. The van der Waals surface area contributed by atoms with E-state index in [0.717, 1.165) is 5.56 Å². The standard InChI is InChI=1S/C23H23NO6/c1-14-4-6-16(7-5-14)21(26)15(2)30-23(28)18-12-20(25)24(13-18)19-10-8-17(9-11-19)22(27)29-3/h4-11,15,18H,12-13H2,1-3H3. The minimum absolute atomic E-state index is 0.00300. The van der Waals surface area contributed by atoms with Crippen molar-refractivity contribution in [2.45, 2.75) is 26.4 Å². The van der Waals surface area contributed by atoms with Gasteiger partial charge in [-0.1, -0.05) is 29.8 Å². The van der Waals surface area contributed by atoms with Crippen molar-refractivity contribution in [1.29, 1.82) is 0 Å². The van der Waals surface area contributed by atoms with Crippen molar-refractivity contribution >= 4 is 29.3 Å². The molecule has 0 aliphatic carbocycles. The predicted octanol–water partition coefficient (Wildman–Crippen LogP) is 2.95. The highest BCUT2D eigenvalue weighted by Crippen LogP contribution is 2.27. The second-order valence-corrected chi connectivity index (χ2v) is 7.25. The SMILES string of the molecule is COC(=O)c1ccc(N2CC(C(=O)OC(C)C(=O)c3ccc(C)cc3)CC2=O)cc1. The van der Waals surface area contributed by atoms with Crippen molar-refractivity contribution in [3.63, 3.8) is 0 Å². The number of hydrogen-bond acceptors (Lipinski definition) is 6. The number of amides is 1. The summed E-state index contributed by atoms with van der Waals surface area (Å²) in [5.41, 5.74) is 2.44. The molecule has 1 aliphatic rings. The van der Waals surface area contributed by atoms with Crippen LogP contribution in [0.25, 0.3) is 0 Å². The number of benzene rings is 2. The molecular weight excluding hydrogens is 386 g/mol. The topological polar surface area (TPSA) is 90.0 Å². The molecule has 2 aromatic carbocycles. The van der Waals surface area contributed by atoms with Gasteiger partial charge in [-0.3, -0.25) is 14.4 Å². The Morgan fingerprint density at radius 2 is 1.60 bits per heavy atom. The largest absolute Gasteiger partial charge is 0.465 e. The van der Waals surface area contributed by atoms with Gasteiger partial charge in [0.05, 0.1) is 18.6 Å². The lowest BCUT2D eigenvalue weighted by Gasteiger charge is -2.18. The second kappa shape index (κ2) is 8.90. The highest BCUT2D eigenvalue weighted by molar-refractivity contribution is 6.02. The summed E-state index contributed by atoms with van der Waals surface area (Å²) in [5, 5.41) is 0. The van der Waals surface area contributed by atoms with Crippen LogP contribution in [0, 0.1) is 12.8 Å². The molecule has 2 unspecified atom stereocenters. The van der Waals surface area contributed by atoms with Gasteiger partial charge in [0.25, 0.3) is 0 Å². The van der Waals surface area contributed by atoms with Crippen molar-refractivity contribution in [3.05, 3.63) is 65.2 Å². The van der Waals surface area contributed by atoms with E-state index in [0.29, 0.717) is 16.8 Å². The van der Waals surface area contributed by atoms with Crippen LogP contribution in [-0.2, 0) is 19.1 Å². The summed E-state index contributed by atoms with van der Waals surface area (Å²) in [7, 11) is 1.29. The molecule has 1 fully saturated rings. The fourth-order valence-electron chi connectivity index (χ4n) is 3.29. The molecule has 2 atom stereocenters. The monoisotopic (exact) mass is 409 g/mol. The van der Waals surface area contributed by atoms with E-state index in [4.69, 9.17) is 4.74 Å². The molecule has 0 N–H and O–H groups in total. The minimum Gasteiger partial charge on any atom is -0.465 e.